The van der Waals surface area contributed by atoms with E-state index in [1.54, 1.807) is 19.2 Å². The van der Waals surface area contributed by atoms with Crippen LogP contribution in [0.3, 0.4) is 0 Å². The maximum Gasteiger partial charge on any atom is 0.262 e. The van der Waals surface area contributed by atoms with Gasteiger partial charge >= 0.3 is 0 Å². The van der Waals surface area contributed by atoms with Gasteiger partial charge in [0.15, 0.2) is 0 Å². The molecule has 1 aliphatic heterocycles. The first kappa shape index (κ1) is 16.5. The Morgan fingerprint density at radius 3 is 2.50 bits per heavy atom. The molecule has 2 unspecified atom stereocenters. The van der Waals surface area contributed by atoms with E-state index in [0.717, 1.165) is 21.9 Å². The SMILES string of the molecule is CCc1ccc(NN2C(=O)C(C)C(Sc3ccccc3)C2=O)nc1. The second-order valence-electron chi connectivity index (χ2n) is 5.67. The van der Waals surface area contributed by atoms with Gasteiger partial charge in [0.05, 0.1) is 5.92 Å². The average Bonchev–Trinajstić information content (AvgIpc) is 2.81. The van der Waals surface area contributed by atoms with Crippen LogP contribution in [0.1, 0.15) is 19.4 Å². The summed E-state index contributed by atoms with van der Waals surface area (Å²) >= 11 is 1.42. The third-order valence-electron chi connectivity index (χ3n) is 3.99. The van der Waals surface area contributed by atoms with Gasteiger partial charge in [-0.05, 0) is 30.2 Å². The van der Waals surface area contributed by atoms with Crippen molar-refractivity contribution in [2.24, 2.45) is 5.92 Å². The number of aromatic nitrogens is 1. The monoisotopic (exact) mass is 341 g/mol. The summed E-state index contributed by atoms with van der Waals surface area (Å²) in [5.74, 6) is -0.353. The summed E-state index contributed by atoms with van der Waals surface area (Å²) < 4.78 is 0. The lowest BCUT2D eigenvalue weighted by Gasteiger charge is -2.16. The predicted octanol–water partition coefficient (Wildman–Crippen LogP) is 3.14. The van der Waals surface area contributed by atoms with E-state index in [9.17, 15) is 9.59 Å². The molecule has 0 spiro atoms. The Morgan fingerprint density at radius 2 is 1.88 bits per heavy atom. The number of benzene rings is 1. The van der Waals surface area contributed by atoms with Crippen LogP contribution in [0.25, 0.3) is 0 Å². The highest BCUT2D eigenvalue weighted by Crippen LogP contribution is 2.34. The number of thioether (sulfide) groups is 1. The molecule has 2 heterocycles. The van der Waals surface area contributed by atoms with Crippen LogP contribution in [0.15, 0.2) is 53.6 Å². The topological polar surface area (TPSA) is 62.3 Å². The number of hydrazine groups is 1. The fourth-order valence-corrected chi connectivity index (χ4v) is 3.64. The van der Waals surface area contributed by atoms with Gasteiger partial charge < -0.3 is 0 Å². The summed E-state index contributed by atoms with van der Waals surface area (Å²) in [5.41, 5.74) is 3.95. The smallest absolute Gasteiger partial charge is 0.262 e. The van der Waals surface area contributed by atoms with Crippen molar-refractivity contribution in [1.29, 1.82) is 0 Å². The van der Waals surface area contributed by atoms with Crippen molar-refractivity contribution < 1.29 is 9.59 Å². The fourth-order valence-electron chi connectivity index (χ4n) is 2.51. The summed E-state index contributed by atoms with van der Waals surface area (Å²) in [5, 5.41) is 0.668. The molecule has 1 aliphatic rings. The first-order valence-electron chi connectivity index (χ1n) is 7.91. The highest BCUT2D eigenvalue weighted by molar-refractivity contribution is 8.00. The van der Waals surface area contributed by atoms with Gasteiger partial charge in [-0.25, -0.2) is 4.98 Å². The molecule has 2 aromatic rings. The van der Waals surface area contributed by atoms with E-state index >= 15 is 0 Å². The molecule has 0 radical (unpaired) electrons. The molecule has 1 saturated heterocycles. The minimum Gasteiger partial charge on any atom is -0.272 e. The van der Waals surface area contributed by atoms with Crippen LogP contribution in [0.5, 0.6) is 0 Å². The zero-order valence-corrected chi connectivity index (χ0v) is 14.4. The first-order valence-corrected chi connectivity index (χ1v) is 8.79. The maximum atomic E-state index is 12.7. The zero-order chi connectivity index (χ0) is 17.1. The summed E-state index contributed by atoms with van der Waals surface area (Å²) in [4.78, 5) is 30.3. The van der Waals surface area contributed by atoms with Gasteiger partial charge in [-0.1, -0.05) is 38.1 Å². The molecule has 2 amide bonds. The molecular formula is C18H19N3O2S. The number of amides is 2. The minimum absolute atomic E-state index is 0.227. The van der Waals surface area contributed by atoms with E-state index in [0.29, 0.717) is 5.82 Å². The number of carbonyl (C=O) groups is 2. The second kappa shape index (κ2) is 7.05. The standard InChI is InChI=1S/C18H19N3O2S/c1-3-13-9-10-15(19-11-13)20-21-17(22)12(2)16(18(21)23)24-14-7-5-4-6-8-14/h4-12,16H,3H2,1-2H3,(H,19,20). The van der Waals surface area contributed by atoms with Gasteiger partial charge in [-0.2, -0.15) is 5.01 Å². The van der Waals surface area contributed by atoms with Crippen molar-refractivity contribution in [2.75, 3.05) is 5.43 Å². The molecule has 1 aromatic heterocycles. The largest absolute Gasteiger partial charge is 0.272 e. The number of hydrogen-bond acceptors (Lipinski definition) is 5. The highest BCUT2D eigenvalue weighted by atomic mass is 32.2. The summed E-state index contributed by atoms with van der Waals surface area (Å²) in [6.07, 6.45) is 2.63. The van der Waals surface area contributed by atoms with E-state index in [-0.39, 0.29) is 17.7 Å². The quantitative estimate of drug-likeness (QED) is 0.847. The Bertz CT molecular complexity index is 734. The lowest BCUT2D eigenvalue weighted by Crippen LogP contribution is -2.37. The number of nitrogens with zero attached hydrogens (tertiary/aromatic N) is 2. The van der Waals surface area contributed by atoms with Crippen LogP contribution in [-0.4, -0.2) is 27.1 Å². The molecule has 6 heteroatoms. The Balaban J connectivity index is 1.74. The number of rotatable bonds is 5. The summed E-state index contributed by atoms with van der Waals surface area (Å²) in [6.45, 7) is 3.83. The van der Waals surface area contributed by atoms with Crippen LogP contribution in [-0.2, 0) is 16.0 Å². The third-order valence-corrected chi connectivity index (χ3v) is 5.40. The van der Waals surface area contributed by atoms with E-state index in [2.05, 4.69) is 10.4 Å². The van der Waals surface area contributed by atoms with Gasteiger partial charge in [0.2, 0.25) is 0 Å². The van der Waals surface area contributed by atoms with Gasteiger partial charge in [0.25, 0.3) is 11.8 Å². The van der Waals surface area contributed by atoms with Gasteiger partial charge in [-0.15, -0.1) is 11.8 Å². The number of carbonyl (C=O) groups excluding carboxylic acids is 2. The zero-order valence-electron chi connectivity index (χ0n) is 13.6. The second-order valence-corrected chi connectivity index (χ2v) is 6.88. The summed E-state index contributed by atoms with van der Waals surface area (Å²) in [7, 11) is 0. The van der Waals surface area contributed by atoms with Crippen LogP contribution in [0.4, 0.5) is 5.82 Å². The number of nitrogens with one attached hydrogen (secondary N) is 1. The van der Waals surface area contributed by atoms with E-state index in [1.807, 2.05) is 43.3 Å². The number of anilines is 1. The number of imide groups is 1. The van der Waals surface area contributed by atoms with Crippen molar-refractivity contribution in [3.8, 4) is 0 Å². The molecule has 1 fully saturated rings. The average molecular weight is 341 g/mol. The molecule has 24 heavy (non-hydrogen) atoms. The normalized spacial score (nSPS) is 20.5. The van der Waals surface area contributed by atoms with Crippen molar-refractivity contribution in [2.45, 2.75) is 30.4 Å². The lowest BCUT2D eigenvalue weighted by atomic mass is 10.1. The molecule has 0 saturated carbocycles. The lowest BCUT2D eigenvalue weighted by molar-refractivity contribution is -0.137. The Labute approximate surface area is 145 Å². The van der Waals surface area contributed by atoms with Crippen LogP contribution in [0, 0.1) is 5.92 Å². The van der Waals surface area contributed by atoms with Gasteiger partial charge in [0, 0.05) is 11.1 Å². The van der Waals surface area contributed by atoms with Crippen molar-refractivity contribution in [1.82, 2.24) is 9.99 Å². The van der Waals surface area contributed by atoms with E-state index in [4.69, 9.17) is 0 Å². The van der Waals surface area contributed by atoms with Crippen LogP contribution in [0.2, 0.25) is 0 Å². The van der Waals surface area contributed by atoms with Gasteiger partial charge in [0.1, 0.15) is 11.1 Å². The molecule has 5 nitrogen and oxygen atoms in total. The predicted molar refractivity (Wildman–Crippen MR) is 94.3 cm³/mol. The molecule has 1 aromatic carbocycles. The molecular weight excluding hydrogens is 322 g/mol. The van der Waals surface area contributed by atoms with E-state index < -0.39 is 5.25 Å². The molecule has 124 valence electrons. The maximum absolute atomic E-state index is 12.7. The molecule has 3 rings (SSSR count). The number of pyridine rings is 1. The molecule has 0 aliphatic carbocycles. The Kier molecular flexibility index (Phi) is 4.85. The van der Waals surface area contributed by atoms with Crippen molar-refractivity contribution >= 4 is 29.4 Å². The molecule has 1 N–H and O–H groups in total. The van der Waals surface area contributed by atoms with E-state index in [1.165, 1.54) is 11.8 Å². The first-order chi connectivity index (χ1) is 11.6. The Hall–Kier alpha value is -2.34. The summed E-state index contributed by atoms with van der Waals surface area (Å²) in [6, 6.07) is 13.4. The third kappa shape index (κ3) is 3.28. The number of hydrogen-bond donors (Lipinski definition) is 1. The minimum atomic E-state index is -0.428. The number of aryl methyl sites for hydroxylation is 1. The van der Waals surface area contributed by atoms with Crippen molar-refractivity contribution in [3.63, 3.8) is 0 Å². The van der Waals surface area contributed by atoms with Gasteiger partial charge in [-0.3, -0.25) is 15.0 Å². The van der Waals surface area contributed by atoms with Crippen molar-refractivity contribution in [3.05, 3.63) is 54.2 Å². The Morgan fingerprint density at radius 1 is 1.12 bits per heavy atom. The molecule has 0 bridgehead atoms. The molecule has 2 atom stereocenters. The van der Waals surface area contributed by atoms with Crippen LogP contribution < -0.4 is 5.43 Å². The highest BCUT2D eigenvalue weighted by Gasteiger charge is 2.46. The fraction of sp³-hybridized carbons (Fsp3) is 0.278. The van der Waals surface area contributed by atoms with Crippen LogP contribution >= 0.6 is 11.8 Å².